The number of aromatic amines is 1. The normalized spacial score (nSPS) is 10.9. The van der Waals surface area contributed by atoms with Crippen molar-refractivity contribution < 1.29 is 9.53 Å². The van der Waals surface area contributed by atoms with E-state index < -0.39 is 0 Å². The van der Waals surface area contributed by atoms with E-state index in [0.717, 1.165) is 45.6 Å². The maximum absolute atomic E-state index is 11.2. The highest BCUT2D eigenvalue weighted by Crippen LogP contribution is 2.32. The van der Waals surface area contributed by atoms with Crippen LogP contribution in [-0.2, 0) is 11.2 Å². The van der Waals surface area contributed by atoms with Gasteiger partial charge in [-0.2, -0.15) is 5.10 Å². The molecule has 0 aliphatic carbocycles. The van der Waals surface area contributed by atoms with Crippen molar-refractivity contribution >= 4 is 16.8 Å². The standard InChI is InChI=1S/C22H22N4O2/c1-15(27)23-11-10-17-14-26(20-9-8-18(28-2)12-19(17)20)21-13-24-25-22(21)16-6-4-3-5-7-16/h3-9,12-14H,10-11H2,1-2H3,(H,23,27)(H,24,25). The summed E-state index contributed by atoms with van der Waals surface area (Å²) in [6, 6.07) is 16.2. The summed E-state index contributed by atoms with van der Waals surface area (Å²) in [5.41, 5.74) is 5.22. The van der Waals surface area contributed by atoms with Gasteiger partial charge in [0.05, 0.1) is 30.2 Å². The van der Waals surface area contributed by atoms with Gasteiger partial charge in [0.2, 0.25) is 5.91 Å². The van der Waals surface area contributed by atoms with Gasteiger partial charge >= 0.3 is 0 Å². The first-order valence-corrected chi connectivity index (χ1v) is 9.19. The van der Waals surface area contributed by atoms with E-state index in [1.54, 1.807) is 7.11 Å². The Bertz CT molecular complexity index is 1110. The molecule has 0 bridgehead atoms. The Morgan fingerprint density at radius 3 is 2.79 bits per heavy atom. The highest BCUT2D eigenvalue weighted by atomic mass is 16.5. The second-order valence-corrected chi connectivity index (χ2v) is 6.64. The predicted octanol–water partition coefficient (Wildman–Crippen LogP) is 3.71. The number of rotatable bonds is 6. The summed E-state index contributed by atoms with van der Waals surface area (Å²) in [5.74, 6) is 0.782. The Morgan fingerprint density at radius 1 is 1.21 bits per heavy atom. The number of benzene rings is 2. The lowest BCUT2D eigenvalue weighted by atomic mass is 10.1. The Hall–Kier alpha value is -3.54. The van der Waals surface area contributed by atoms with Crippen LogP contribution in [0.3, 0.4) is 0 Å². The zero-order valence-electron chi connectivity index (χ0n) is 15.9. The number of hydrogen-bond acceptors (Lipinski definition) is 3. The molecule has 142 valence electrons. The van der Waals surface area contributed by atoms with Crippen molar-refractivity contribution in [2.24, 2.45) is 0 Å². The fourth-order valence-electron chi connectivity index (χ4n) is 3.46. The van der Waals surface area contributed by atoms with Crippen LogP contribution in [0, 0.1) is 0 Å². The zero-order valence-corrected chi connectivity index (χ0v) is 15.9. The fourth-order valence-corrected chi connectivity index (χ4v) is 3.46. The third-order valence-corrected chi connectivity index (χ3v) is 4.80. The summed E-state index contributed by atoms with van der Waals surface area (Å²) >= 11 is 0. The van der Waals surface area contributed by atoms with Crippen LogP contribution >= 0.6 is 0 Å². The van der Waals surface area contributed by atoms with Crippen molar-refractivity contribution in [3.8, 4) is 22.7 Å². The van der Waals surface area contributed by atoms with Gasteiger partial charge < -0.3 is 14.6 Å². The van der Waals surface area contributed by atoms with Gasteiger partial charge in [0.15, 0.2) is 0 Å². The second kappa shape index (κ2) is 7.60. The summed E-state index contributed by atoms with van der Waals surface area (Å²) in [6.07, 6.45) is 4.68. The first-order chi connectivity index (χ1) is 13.7. The first kappa shape index (κ1) is 17.9. The molecule has 6 heteroatoms. The van der Waals surface area contributed by atoms with Crippen molar-refractivity contribution in [3.05, 3.63) is 66.5 Å². The molecule has 0 spiro atoms. The van der Waals surface area contributed by atoms with E-state index in [2.05, 4.69) is 44.5 Å². The largest absolute Gasteiger partial charge is 0.497 e. The fraction of sp³-hybridized carbons (Fsp3) is 0.182. The Balaban J connectivity index is 1.82. The van der Waals surface area contributed by atoms with Crippen molar-refractivity contribution in [1.29, 1.82) is 0 Å². The molecule has 0 radical (unpaired) electrons. The molecule has 0 atom stereocenters. The van der Waals surface area contributed by atoms with Crippen molar-refractivity contribution in [3.63, 3.8) is 0 Å². The molecule has 2 N–H and O–H groups in total. The third-order valence-electron chi connectivity index (χ3n) is 4.80. The van der Waals surface area contributed by atoms with E-state index in [-0.39, 0.29) is 5.91 Å². The van der Waals surface area contributed by atoms with Gasteiger partial charge in [0.25, 0.3) is 0 Å². The average molecular weight is 374 g/mol. The van der Waals surface area contributed by atoms with E-state index in [1.807, 2.05) is 36.5 Å². The summed E-state index contributed by atoms with van der Waals surface area (Å²) in [4.78, 5) is 11.2. The monoisotopic (exact) mass is 374 g/mol. The van der Waals surface area contributed by atoms with E-state index in [0.29, 0.717) is 6.54 Å². The van der Waals surface area contributed by atoms with Gasteiger partial charge in [0.1, 0.15) is 5.75 Å². The Morgan fingerprint density at radius 2 is 2.04 bits per heavy atom. The van der Waals surface area contributed by atoms with Crippen LogP contribution in [0.15, 0.2) is 60.9 Å². The summed E-state index contributed by atoms with van der Waals surface area (Å²) < 4.78 is 7.56. The first-order valence-electron chi connectivity index (χ1n) is 9.19. The summed E-state index contributed by atoms with van der Waals surface area (Å²) in [5, 5.41) is 11.4. The maximum Gasteiger partial charge on any atom is 0.216 e. The minimum Gasteiger partial charge on any atom is -0.497 e. The minimum absolute atomic E-state index is 0.0254. The van der Waals surface area contributed by atoms with Crippen molar-refractivity contribution in [2.75, 3.05) is 13.7 Å². The highest BCUT2D eigenvalue weighted by molar-refractivity contribution is 5.88. The SMILES string of the molecule is COc1ccc2c(c1)c(CCNC(C)=O)cn2-c1cn[nH]c1-c1ccccc1. The quantitative estimate of drug-likeness (QED) is 0.540. The maximum atomic E-state index is 11.2. The van der Waals surface area contributed by atoms with Gasteiger partial charge in [-0.15, -0.1) is 0 Å². The number of hydrogen-bond donors (Lipinski definition) is 2. The second-order valence-electron chi connectivity index (χ2n) is 6.64. The summed E-state index contributed by atoms with van der Waals surface area (Å²) in [7, 11) is 1.67. The number of nitrogens with zero attached hydrogens (tertiary/aromatic N) is 2. The Labute approximate surface area is 163 Å². The number of nitrogens with one attached hydrogen (secondary N) is 2. The van der Waals surface area contributed by atoms with E-state index >= 15 is 0 Å². The van der Waals surface area contributed by atoms with Crippen LogP contribution in [0.5, 0.6) is 5.75 Å². The number of carbonyl (C=O) groups excluding carboxylic acids is 1. The molecule has 0 aliphatic heterocycles. The highest BCUT2D eigenvalue weighted by Gasteiger charge is 2.15. The number of amides is 1. The molecule has 4 aromatic rings. The molecule has 0 aliphatic rings. The molecular formula is C22H22N4O2. The number of H-pyrrole nitrogens is 1. The van der Waals surface area contributed by atoms with Crippen molar-refractivity contribution in [2.45, 2.75) is 13.3 Å². The van der Waals surface area contributed by atoms with Gasteiger partial charge in [-0.05, 0) is 30.2 Å². The number of carbonyl (C=O) groups is 1. The molecule has 2 aromatic carbocycles. The lowest BCUT2D eigenvalue weighted by Gasteiger charge is -2.07. The van der Waals surface area contributed by atoms with Gasteiger partial charge in [-0.3, -0.25) is 9.89 Å². The molecule has 2 heterocycles. The van der Waals surface area contributed by atoms with E-state index in [4.69, 9.17) is 4.74 Å². The van der Waals surface area contributed by atoms with Gasteiger partial charge in [-0.25, -0.2) is 0 Å². The van der Waals surface area contributed by atoms with Crippen LogP contribution in [0.4, 0.5) is 0 Å². The molecule has 0 saturated carbocycles. The zero-order chi connectivity index (χ0) is 19.5. The molecule has 0 unspecified atom stereocenters. The number of aromatic nitrogens is 3. The average Bonchev–Trinajstić information content (AvgIpc) is 3.33. The topological polar surface area (TPSA) is 71.9 Å². The molecule has 6 nitrogen and oxygen atoms in total. The summed E-state index contributed by atoms with van der Waals surface area (Å²) in [6.45, 7) is 2.12. The third kappa shape index (κ3) is 3.36. The lowest BCUT2D eigenvalue weighted by molar-refractivity contribution is -0.118. The van der Waals surface area contributed by atoms with Crippen LogP contribution in [0.2, 0.25) is 0 Å². The predicted molar refractivity (Wildman–Crippen MR) is 110 cm³/mol. The van der Waals surface area contributed by atoms with Gasteiger partial charge in [0, 0.05) is 30.6 Å². The molecule has 2 aromatic heterocycles. The van der Waals surface area contributed by atoms with Crippen molar-refractivity contribution in [1.82, 2.24) is 20.1 Å². The van der Waals surface area contributed by atoms with Crippen LogP contribution in [0.1, 0.15) is 12.5 Å². The van der Waals surface area contributed by atoms with Gasteiger partial charge in [-0.1, -0.05) is 30.3 Å². The molecule has 1 amide bonds. The molecule has 4 rings (SSSR count). The van der Waals surface area contributed by atoms with E-state index in [1.165, 1.54) is 6.92 Å². The number of fused-ring (bicyclic) bond motifs is 1. The molecule has 0 saturated heterocycles. The molecular weight excluding hydrogens is 352 g/mol. The van der Waals surface area contributed by atoms with Crippen LogP contribution < -0.4 is 10.1 Å². The number of ether oxygens (including phenoxy) is 1. The van der Waals surface area contributed by atoms with Crippen LogP contribution in [0.25, 0.3) is 27.8 Å². The lowest BCUT2D eigenvalue weighted by Crippen LogP contribution is -2.22. The molecule has 28 heavy (non-hydrogen) atoms. The molecule has 0 fully saturated rings. The Kier molecular flexibility index (Phi) is 4.85. The minimum atomic E-state index is -0.0254. The smallest absolute Gasteiger partial charge is 0.216 e. The number of methoxy groups -OCH3 is 1. The van der Waals surface area contributed by atoms with E-state index in [9.17, 15) is 4.79 Å². The van der Waals surface area contributed by atoms with Crippen LogP contribution in [-0.4, -0.2) is 34.3 Å².